The van der Waals surface area contributed by atoms with Crippen molar-refractivity contribution in [3.8, 4) is 0 Å². The number of halogens is 1. The van der Waals surface area contributed by atoms with Crippen LogP contribution in [0.2, 0.25) is 0 Å². The predicted octanol–water partition coefficient (Wildman–Crippen LogP) is 2.16. The van der Waals surface area contributed by atoms with E-state index in [9.17, 15) is 9.59 Å². The average molecular weight is 257 g/mol. The van der Waals surface area contributed by atoms with Crippen LogP contribution in [0.5, 0.6) is 0 Å². The summed E-state index contributed by atoms with van der Waals surface area (Å²) in [7, 11) is 0. The summed E-state index contributed by atoms with van der Waals surface area (Å²) in [5.41, 5.74) is 1.16. The molecule has 6 nitrogen and oxygen atoms in total. The molecule has 90 valence electrons. The third-order valence-electron chi connectivity index (χ3n) is 1.81. The van der Waals surface area contributed by atoms with Gasteiger partial charge in [-0.1, -0.05) is 0 Å². The number of rotatable bonds is 2. The summed E-state index contributed by atoms with van der Waals surface area (Å²) >= 11 is 5.08. The van der Waals surface area contributed by atoms with E-state index in [0.717, 1.165) is 0 Å². The van der Waals surface area contributed by atoms with Gasteiger partial charge in [-0.2, -0.15) is 0 Å². The zero-order chi connectivity index (χ0) is 12.8. The largest absolute Gasteiger partial charge is 0.440 e. The molecule has 2 aromatic rings. The second-order valence-electron chi connectivity index (χ2n) is 2.96. The van der Waals surface area contributed by atoms with Gasteiger partial charge >= 0.3 is 0 Å². The maximum atomic E-state index is 10.4. The van der Waals surface area contributed by atoms with Crippen LogP contribution >= 0.6 is 11.6 Å². The van der Waals surface area contributed by atoms with Gasteiger partial charge in [0, 0.05) is 0 Å². The van der Waals surface area contributed by atoms with Gasteiger partial charge in [0.05, 0.1) is 11.4 Å². The quantitative estimate of drug-likeness (QED) is 0.604. The molecule has 0 aliphatic rings. The summed E-state index contributed by atoms with van der Waals surface area (Å²) in [5, 5.41) is -0.606. The molecule has 7 heteroatoms. The van der Waals surface area contributed by atoms with Crippen molar-refractivity contribution in [1.29, 1.82) is 0 Å². The summed E-state index contributed by atoms with van der Waals surface area (Å²) in [6.45, 7) is 3.37. The standard InChI is InChI=1S/C5H4ClNO2.C5H5NO2/c1-3-4(5(6)8)9-2-7-3;1-4-5(2-7)8-3-6-4/h2H,1H3;2-3H,1H3. The lowest BCUT2D eigenvalue weighted by molar-refractivity contribution is 0.105. The van der Waals surface area contributed by atoms with Crippen LogP contribution < -0.4 is 0 Å². The molecule has 0 aliphatic heterocycles. The van der Waals surface area contributed by atoms with Gasteiger partial charge in [-0.15, -0.1) is 0 Å². The van der Waals surface area contributed by atoms with Gasteiger partial charge in [-0.25, -0.2) is 9.97 Å². The van der Waals surface area contributed by atoms with Crippen LogP contribution in [0.25, 0.3) is 0 Å². The van der Waals surface area contributed by atoms with Crippen LogP contribution in [-0.2, 0) is 0 Å². The topological polar surface area (TPSA) is 86.2 Å². The maximum Gasteiger partial charge on any atom is 0.289 e. The molecule has 0 atom stereocenters. The van der Waals surface area contributed by atoms with Crippen LogP contribution in [0.3, 0.4) is 0 Å². The number of nitrogens with zero attached hydrogens (tertiary/aromatic N) is 2. The van der Waals surface area contributed by atoms with E-state index in [2.05, 4.69) is 18.8 Å². The first-order valence-corrected chi connectivity index (χ1v) is 4.89. The summed E-state index contributed by atoms with van der Waals surface area (Å²) in [6, 6.07) is 0. The normalized spacial score (nSPS) is 9.35. The fourth-order valence-corrected chi connectivity index (χ4v) is 1.10. The van der Waals surface area contributed by atoms with Crippen molar-refractivity contribution in [2.75, 3.05) is 0 Å². The molecule has 0 spiro atoms. The SMILES string of the molecule is Cc1ncoc1C(=O)Cl.Cc1ncoc1C=O. The van der Waals surface area contributed by atoms with Crippen molar-refractivity contribution in [3.63, 3.8) is 0 Å². The van der Waals surface area contributed by atoms with E-state index < -0.39 is 5.24 Å². The summed E-state index contributed by atoms with van der Waals surface area (Å²) in [6.07, 6.45) is 3.08. The Morgan fingerprint density at radius 1 is 1.24 bits per heavy atom. The molecule has 2 aromatic heterocycles. The maximum absolute atomic E-state index is 10.4. The van der Waals surface area contributed by atoms with Crippen molar-refractivity contribution in [2.45, 2.75) is 13.8 Å². The minimum atomic E-state index is -0.606. The van der Waals surface area contributed by atoms with Crippen LogP contribution in [0.15, 0.2) is 21.6 Å². The van der Waals surface area contributed by atoms with Gasteiger partial charge in [-0.05, 0) is 25.4 Å². The van der Waals surface area contributed by atoms with Gasteiger partial charge in [0.1, 0.15) is 0 Å². The fraction of sp³-hybridized carbons (Fsp3) is 0.200. The van der Waals surface area contributed by atoms with Crippen molar-refractivity contribution in [3.05, 3.63) is 35.7 Å². The molecule has 0 saturated heterocycles. The van der Waals surface area contributed by atoms with Crippen molar-refractivity contribution < 1.29 is 18.4 Å². The number of carbonyl (C=O) groups excluding carboxylic acids is 2. The minimum absolute atomic E-state index is 0.122. The molecule has 0 fully saturated rings. The predicted molar refractivity (Wildman–Crippen MR) is 58.1 cm³/mol. The Bertz CT molecular complexity index is 518. The molecule has 2 heterocycles. The van der Waals surface area contributed by atoms with E-state index in [1.165, 1.54) is 12.8 Å². The Morgan fingerprint density at radius 2 is 1.82 bits per heavy atom. The average Bonchev–Trinajstić information content (AvgIpc) is 2.87. The molecule has 0 radical (unpaired) electrons. The van der Waals surface area contributed by atoms with E-state index in [4.69, 9.17) is 11.6 Å². The van der Waals surface area contributed by atoms with Crippen molar-refractivity contribution >= 4 is 23.1 Å². The summed E-state index contributed by atoms with van der Waals surface area (Å²) in [4.78, 5) is 27.7. The third-order valence-corrected chi connectivity index (χ3v) is 1.99. The van der Waals surface area contributed by atoms with Gasteiger partial charge in [0.15, 0.2) is 24.8 Å². The highest BCUT2D eigenvalue weighted by Gasteiger charge is 2.09. The monoisotopic (exact) mass is 256 g/mol. The molecule has 0 saturated carbocycles. The highest BCUT2D eigenvalue weighted by molar-refractivity contribution is 6.67. The molecule has 0 aromatic carbocycles. The Hall–Kier alpha value is -1.95. The van der Waals surface area contributed by atoms with Gasteiger partial charge in [0.25, 0.3) is 5.24 Å². The second-order valence-corrected chi connectivity index (χ2v) is 3.30. The van der Waals surface area contributed by atoms with Gasteiger partial charge < -0.3 is 8.83 Å². The zero-order valence-corrected chi connectivity index (χ0v) is 9.89. The smallest absolute Gasteiger partial charge is 0.289 e. The molecule has 17 heavy (non-hydrogen) atoms. The van der Waals surface area contributed by atoms with E-state index in [1.54, 1.807) is 13.8 Å². The van der Waals surface area contributed by atoms with Crippen molar-refractivity contribution in [1.82, 2.24) is 9.97 Å². The van der Waals surface area contributed by atoms with E-state index >= 15 is 0 Å². The van der Waals surface area contributed by atoms with Crippen molar-refractivity contribution in [2.24, 2.45) is 0 Å². The summed E-state index contributed by atoms with van der Waals surface area (Å²) < 4.78 is 9.27. The number of hydrogen-bond donors (Lipinski definition) is 0. The Kier molecular flexibility index (Phi) is 4.59. The molecular formula is C10H9ClN2O4. The Morgan fingerprint density at radius 3 is 2.06 bits per heavy atom. The molecule has 0 N–H and O–H groups in total. The highest BCUT2D eigenvalue weighted by atomic mass is 35.5. The van der Waals surface area contributed by atoms with E-state index in [0.29, 0.717) is 23.4 Å². The highest BCUT2D eigenvalue weighted by Crippen LogP contribution is 2.07. The molecule has 2 rings (SSSR count). The lowest BCUT2D eigenvalue weighted by Gasteiger charge is -1.82. The number of aromatic nitrogens is 2. The van der Waals surface area contributed by atoms with E-state index in [-0.39, 0.29) is 5.76 Å². The number of carbonyl (C=O) groups is 2. The third kappa shape index (κ3) is 3.53. The van der Waals surface area contributed by atoms with E-state index in [1.807, 2.05) is 0 Å². The molecule has 0 amide bonds. The zero-order valence-electron chi connectivity index (χ0n) is 9.14. The van der Waals surface area contributed by atoms with Gasteiger partial charge in [0.2, 0.25) is 5.76 Å². The first-order valence-electron chi connectivity index (χ1n) is 4.51. The molecule has 0 aliphatic carbocycles. The molecular weight excluding hydrogens is 248 g/mol. The molecule has 0 bridgehead atoms. The Labute approximate surface area is 102 Å². The second kappa shape index (κ2) is 5.95. The van der Waals surface area contributed by atoms with Crippen LogP contribution in [0.4, 0.5) is 0 Å². The van der Waals surface area contributed by atoms with Crippen LogP contribution in [0.1, 0.15) is 32.5 Å². The number of aryl methyl sites for hydroxylation is 2. The molecule has 0 unspecified atom stereocenters. The van der Waals surface area contributed by atoms with Gasteiger partial charge in [-0.3, -0.25) is 9.59 Å². The fourth-order valence-electron chi connectivity index (χ4n) is 0.915. The first kappa shape index (κ1) is 13.1. The summed E-state index contributed by atoms with van der Waals surface area (Å²) in [5.74, 6) is 0.432. The lowest BCUT2D eigenvalue weighted by atomic mass is 10.4. The first-order chi connectivity index (χ1) is 8.06. The number of aldehydes is 1. The minimum Gasteiger partial charge on any atom is -0.440 e. The number of hydrogen-bond acceptors (Lipinski definition) is 6. The van der Waals surface area contributed by atoms with Crippen LogP contribution in [0, 0.1) is 13.8 Å². The van der Waals surface area contributed by atoms with Crippen LogP contribution in [-0.4, -0.2) is 21.5 Å². The lowest BCUT2D eigenvalue weighted by Crippen LogP contribution is -1.87. The Balaban J connectivity index is 0.000000171. The number of oxazole rings is 2.